The van der Waals surface area contributed by atoms with Crippen molar-refractivity contribution in [3.63, 3.8) is 0 Å². The highest BCUT2D eigenvalue weighted by atomic mass is 16.7. The number of rotatable bonds is 6. The molecule has 2 N–H and O–H groups in total. The normalized spacial score (nSPS) is 37.2. The molecule has 0 aliphatic carbocycles. The SMILES string of the molecule is CC[C@H]1O[C@@H]2O[C@H](C=CC=CC=Cc3cc(OC)cc(=O)o3)[C@H](O)[C@]2(C)[C@@]1(C)O. The average molecular weight is 404 g/mol. The standard InChI is InChI=1S/C22H28O7/c1-5-17-22(3,25)21(2)19(24)16(28-20(21)29-17)11-9-7-6-8-10-14-12-15(26-4)13-18(23)27-14/h6-13,16-17,19-20,24-25H,5H2,1-4H3/t16-,17-,19+,20+,21+,22+/m1/s1. The van der Waals surface area contributed by atoms with Crippen LogP contribution in [0.4, 0.5) is 0 Å². The van der Waals surface area contributed by atoms with Crippen molar-refractivity contribution in [1.82, 2.24) is 0 Å². The van der Waals surface area contributed by atoms with E-state index in [0.717, 1.165) is 0 Å². The van der Waals surface area contributed by atoms with Gasteiger partial charge in [0.15, 0.2) is 6.29 Å². The fourth-order valence-electron chi connectivity index (χ4n) is 3.95. The van der Waals surface area contributed by atoms with Gasteiger partial charge < -0.3 is 28.8 Å². The van der Waals surface area contributed by atoms with Gasteiger partial charge in [-0.15, -0.1) is 0 Å². The Labute approximate surface area is 169 Å². The summed E-state index contributed by atoms with van der Waals surface area (Å²) in [5, 5.41) is 21.7. The Kier molecular flexibility index (Phi) is 6.14. The number of aliphatic hydroxyl groups is 2. The van der Waals surface area contributed by atoms with Gasteiger partial charge in [-0.1, -0.05) is 37.3 Å². The summed E-state index contributed by atoms with van der Waals surface area (Å²) in [5.74, 6) is 0.808. The summed E-state index contributed by atoms with van der Waals surface area (Å²) in [7, 11) is 1.48. The molecule has 1 aromatic heterocycles. The van der Waals surface area contributed by atoms with Crippen LogP contribution >= 0.6 is 0 Å². The Morgan fingerprint density at radius 3 is 2.55 bits per heavy atom. The third-order valence-electron chi connectivity index (χ3n) is 5.97. The molecule has 2 saturated heterocycles. The average Bonchev–Trinajstić information content (AvgIpc) is 3.04. The van der Waals surface area contributed by atoms with Crippen LogP contribution in [0, 0.1) is 5.41 Å². The second-order valence-corrected chi connectivity index (χ2v) is 7.69. The van der Waals surface area contributed by atoms with Gasteiger partial charge in [0, 0.05) is 6.07 Å². The molecule has 158 valence electrons. The fraction of sp³-hybridized carbons (Fsp3) is 0.500. The smallest absolute Gasteiger partial charge is 0.339 e. The molecule has 0 bridgehead atoms. The molecule has 3 rings (SSSR count). The predicted molar refractivity (Wildman–Crippen MR) is 107 cm³/mol. The quantitative estimate of drug-likeness (QED) is 0.703. The number of hydrogen-bond donors (Lipinski definition) is 2. The summed E-state index contributed by atoms with van der Waals surface area (Å²) in [6, 6.07) is 2.88. The highest BCUT2D eigenvalue weighted by Gasteiger charge is 2.69. The van der Waals surface area contributed by atoms with Gasteiger partial charge in [0.05, 0.1) is 30.8 Å². The largest absolute Gasteiger partial charge is 0.496 e. The first-order valence-electron chi connectivity index (χ1n) is 9.66. The van der Waals surface area contributed by atoms with Crippen LogP contribution in [0.15, 0.2) is 51.7 Å². The fourth-order valence-corrected chi connectivity index (χ4v) is 3.95. The van der Waals surface area contributed by atoms with Crippen molar-refractivity contribution >= 4 is 6.08 Å². The molecule has 2 aliphatic heterocycles. The molecule has 0 amide bonds. The van der Waals surface area contributed by atoms with Gasteiger partial charge in [-0.25, -0.2) is 4.79 Å². The zero-order chi connectivity index (χ0) is 21.2. The molecule has 0 radical (unpaired) electrons. The lowest BCUT2D eigenvalue weighted by atomic mass is 9.69. The highest BCUT2D eigenvalue weighted by Crippen LogP contribution is 2.55. The lowest BCUT2D eigenvalue weighted by Crippen LogP contribution is -2.54. The molecule has 7 nitrogen and oxygen atoms in total. The number of allylic oxidation sites excluding steroid dienone is 4. The van der Waals surface area contributed by atoms with Crippen LogP contribution in [-0.4, -0.2) is 47.5 Å². The van der Waals surface area contributed by atoms with Crippen LogP contribution in [-0.2, 0) is 9.47 Å². The monoisotopic (exact) mass is 404 g/mol. The van der Waals surface area contributed by atoms with Crippen molar-refractivity contribution < 1.29 is 28.8 Å². The van der Waals surface area contributed by atoms with Crippen LogP contribution in [0.5, 0.6) is 5.75 Å². The van der Waals surface area contributed by atoms with E-state index in [1.165, 1.54) is 13.2 Å². The van der Waals surface area contributed by atoms with Crippen molar-refractivity contribution in [2.24, 2.45) is 5.41 Å². The number of fused-ring (bicyclic) bond motifs is 1. The summed E-state index contributed by atoms with van der Waals surface area (Å²) in [4.78, 5) is 11.4. The minimum Gasteiger partial charge on any atom is -0.496 e. The van der Waals surface area contributed by atoms with E-state index >= 15 is 0 Å². The third-order valence-corrected chi connectivity index (χ3v) is 5.97. The van der Waals surface area contributed by atoms with Crippen LogP contribution in [0.2, 0.25) is 0 Å². The first-order valence-corrected chi connectivity index (χ1v) is 9.66. The minimum atomic E-state index is -1.19. The Morgan fingerprint density at radius 2 is 1.90 bits per heavy atom. The van der Waals surface area contributed by atoms with E-state index in [9.17, 15) is 15.0 Å². The van der Waals surface area contributed by atoms with Gasteiger partial charge in [-0.3, -0.25) is 0 Å². The molecular weight excluding hydrogens is 376 g/mol. The zero-order valence-electron chi connectivity index (χ0n) is 17.1. The van der Waals surface area contributed by atoms with Crippen molar-refractivity contribution in [1.29, 1.82) is 0 Å². The predicted octanol–water partition coefficient (Wildman–Crippen LogP) is 2.43. The first-order chi connectivity index (χ1) is 13.7. The Balaban J connectivity index is 1.62. The molecule has 7 heteroatoms. The second-order valence-electron chi connectivity index (χ2n) is 7.69. The van der Waals surface area contributed by atoms with E-state index in [1.807, 2.05) is 6.92 Å². The van der Waals surface area contributed by atoms with Crippen LogP contribution in [0.25, 0.3) is 6.08 Å². The van der Waals surface area contributed by atoms with Crippen LogP contribution in [0.3, 0.4) is 0 Å². The lowest BCUT2D eigenvalue weighted by Gasteiger charge is -2.38. The van der Waals surface area contributed by atoms with Gasteiger partial charge in [-0.05, 0) is 26.3 Å². The summed E-state index contributed by atoms with van der Waals surface area (Å²) in [5.41, 5.74) is -2.58. The molecule has 0 saturated carbocycles. The van der Waals surface area contributed by atoms with E-state index in [4.69, 9.17) is 18.6 Å². The zero-order valence-corrected chi connectivity index (χ0v) is 17.1. The Bertz CT molecular complexity index is 866. The number of aliphatic hydroxyl groups excluding tert-OH is 1. The molecule has 6 atom stereocenters. The molecular formula is C22H28O7. The molecule has 0 aromatic carbocycles. The van der Waals surface area contributed by atoms with Crippen molar-refractivity contribution in [3.8, 4) is 5.75 Å². The summed E-state index contributed by atoms with van der Waals surface area (Å²) >= 11 is 0. The lowest BCUT2D eigenvalue weighted by molar-refractivity contribution is -0.144. The van der Waals surface area contributed by atoms with Crippen molar-refractivity contribution in [2.75, 3.05) is 7.11 Å². The topological polar surface area (TPSA) is 98.4 Å². The minimum absolute atomic E-state index is 0.376. The van der Waals surface area contributed by atoms with Gasteiger partial charge in [-0.2, -0.15) is 0 Å². The van der Waals surface area contributed by atoms with E-state index < -0.39 is 35.1 Å². The van der Waals surface area contributed by atoms with Gasteiger partial charge in [0.1, 0.15) is 23.2 Å². The maximum atomic E-state index is 11.4. The molecule has 3 heterocycles. The highest BCUT2D eigenvalue weighted by molar-refractivity contribution is 5.47. The van der Waals surface area contributed by atoms with E-state index in [1.54, 1.807) is 56.4 Å². The van der Waals surface area contributed by atoms with E-state index in [2.05, 4.69) is 0 Å². The number of hydrogen-bond acceptors (Lipinski definition) is 7. The summed E-state index contributed by atoms with van der Waals surface area (Å²) in [6.45, 7) is 5.43. The number of methoxy groups -OCH3 is 1. The van der Waals surface area contributed by atoms with Crippen molar-refractivity contribution in [2.45, 2.75) is 57.4 Å². The van der Waals surface area contributed by atoms with Gasteiger partial charge in [0.25, 0.3) is 0 Å². The Hall–Kier alpha value is -2.19. The molecule has 2 aliphatic rings. The summed E-state index contributed by atoms with van der Waals surface area (Å²) < 4.78 is 21.8. The second kappa shape index (κ2) is 8.28. The summed E-state index contributed by atoms with van der Waals surface area (Å²) in [6.07, 6.45) is 8.45. The van der Waals surface area contributed by atoms with Gasteiger partial charge in [0.2, 0.25) is 0 Å². The molecule has 1 aromatic rings. The van der Waals surface area contributed by atoms with Gasteiger partial charge >= 0.3 is 5.63 Å². The maximum absolute atomic E-state index is 11.4. The van der Waals surface area contributed by atoms with Crippen molar-refractivity contribution in [3.05, 3.63) is 58.7 Å². The molecule has 0 spiro atoms. The maximum Gasteiger partial charge on any atom is 0.339 e. The van der Waals surface area contributed by atoms with Crippen LogP contribution in [0.1, 0.15) is 33.0 Å². The molecule has 2 fully saturated rings. The third kappa shape index (κ3) is 3.83. The van der Waals surface area contributed by atoms with E-state index in [-0.39, 0.29) is 6.10 Å². The molecule has 0 unspecified atom stereocenters. The molecule has 29 heavy (non-hydrogen) atoms. The Morgan fingerprint density at radius 1 is 1.17 bits per heavy atom. The first kappa shape index (κ1) is 21.5. The number of ether oxygens (including phenoxy) is 3. The van der Waals surface area contributed by atoms with E-state index in [0.29, 0.717) is 17.9 Å². The van der Waals surface area contributed by atoms with Crippen LogP contribution < -0.4 is 10.4 Å².